The molecule has 6 nitrogen and oxygen atoms in total. The first-order valence-electron chi connectivity index (χ1n) is 12.8. The number of carbonyl (C=O) groups is 4. The predicted octanol–water partition coefficient (Wildman–Crippen LogP) is 5.76. The molecule has 40 heavy (non-hydrogen) atoms. The minimum atomic E-state index is -1.61. The third-order valence-corrected chi connectivity index (χ3v) is 8.79. The zero-order chi connectivity index (χ0) is 27.8. The number of carbonyl (C=O) groups excluding carboxylic acids is 4. The molecule has 0 N–H and O–H groups in total. The second-order valence-electron chi connectivity index (χ2n) is 10.2. The van der Waals surface area contributed by atoms with Crippen LogP contribution in [0.15, 0.2) is 103 Å². The first-order chi connectivity index (χ1) is 19.4. The first kappa shape index (κ1) is 24.8. The number of para-hydroxylation sites is 2. The van der Waals surface area contributed by atoms with Crippen LogP contribution in [-0.4, -0.2) is 23.6 Å². The molecule has 0 radical (unpaired) electrons. The Labute approximate surface area is 239 Å². The summed E-state index contributed by atoms with van der Waals surface area (Å²) in [4.78, 5) is 59.9. The number of hydrogen-bond acceptors (Lipinski definition) is 4. The van der Waals surface area contributed by atoms with E-state index in [1.807, 2.05) is 0 Å². The lowest BCUT2D eigenvalue weighted by Crippen LogP contribution is -2.50. The van der Waals surface area contributed by atoms with Gasteiger partial charge in [0.2, 0.25) is 23.6 Å². The SMILES string of the molecule is O=C1[C@@H]2[C@H](C(=O)N1c1ccccc1)c1ccc(Cl)cc1[C@@]1(c3ccc(Cl)cc3)C(=O)N(c3ccccc3)C(=O)[C@@H]21. The van der Waals surface area contributed by atoms with E-state index in [1.54, 1.807) is 103 Å². The van der Waals surface area contributed by atoms with Crippen molar-refractivity contribution in [2.45, 2.75) is 11.3 Å². The van der Waals surface area contributed by atoms with Crippen LogP contribution >= 0.6 is 23.2 Å². The number of hydrogen-bond donors (Lipinski definition) is 0. The van der Waals surface area contributed by atoms with Gasteiger partial charge in [-0.3, -0.25) is 19.2 Å². The van der Waals surface area contributed by atoms with E-state index in [4.69, 9.17) is 23.2 Å². The molecule has 2 fully saturated rings. The fourth-order valence-corrected chi connectivity index (χ4v) is 7.06. The molecule has 2 aliphatic heterocycles. The fraction of sp³-hybridized carbons (Fsp3) is 0.125. The van der Waals surface area contributed by atoms with Crippen LogP contribution in [0.25, 0.3) is 0 Å². The van der Waals surface area contributed by atoms with Gasteiger partial charge in [-0.2, -0.15) is 0 Å². The maximum atomic E-state index is 14.8. The lowest BCUT2D eigenvalue weighted by Gasteiger charge is -2.42. The summed E-state index contributed by atoms with van der Waals surface area (Å²) in [5, 5.41) is 0.801. The molecule has 7 rings (SSSR count). The molecule has 0 unspecified atom stereocenters. The highest BCUT2D eigenvalue weighted by Crippen LogP contribution is 2.61. The molecule has 1 aliphatic carbocycles. The summed E-state index contributed by atoms with van der Waals surface area (Å²) < 4.78 is 0. The molecule has 3 aliphatic rings. The molecule has 0 saturated carbocycles. The summed E-state index contributed by atoms with van der Waals surface area (Å²) in [6, 6.07) is 29.0. The van der Waals surface area contributed by atoms with Gasteiger partial charge in [-0.15, -0.1) is 0 Å². The highest BCUT2D eigenvalue weighted by Gasteiger charge is 2.72. The molecule has 2 saturated heterocycles. The van der Waals surface area contributed by atoms with E-state index in [0.29, 0.717) is 38.1 Å². The maximum Gasteiger partial charge on any atom is 0.249 e. The van der Waals surface area contributed by atoms with Gasteiger partial charge in [-0.05, 0) is 65.2 Å². The number of nitrogens with zero attached hydrogens (tertiary/aromatic N) is 2. The fourth-order valence-electron chi connectivity index (χ4n) is 6.76. The van der Waals surface area contributed by atoms with Gasteiger partial charge in [0, 0.05) is 10.0 Å². The summed E-state index contributed by atoms with van der Waals surface area (Å²) in [5.41, 5.74) is 0.642. The summed E-state index contributed by atoms with van der Waals surface area (Å²) in [6.45, 7) is 0. The number of halogens is 2. The van der Waals surface area contributed by atoms with Gasteiger partial charge in [-0.25, -0.2) is 9.80 Å². The van der Waals surface area contributed by atoms with Crippen LogP contribution in [0.2, 0.25) is 10.0 Å². The monoisotopic (exact) mass is 566 g/mol. The zero-order valence-electron chi connectivity index (χ0n) is 20.8. The second kappa shape index (κ2) is 8.88. The lowest BCUT2D eigenvalue weighted by molar-refractivity contribution is -0.131. The molecule has 2 heterocycles. The highest BCUT2D eigenvalue weighted by molar-refractivity contribution is 6.34. The van der Waals surface area contributed by atoms with E-state index in [2.05, 4.69) is 0 Å². The average molecular weight is 567 g/mol. The number of fused-ring (bicyclic) bond motifs is 6. The van der Waals surface area contributed by atoms with Gasteiger partial charge in [0.25, 0.3) is 0 Å². The van der Waals surface area contributed by atoms with E-state index in [9.17, 15) is 19.2 Å². The van der Waals surface area contributed by atoms with Crippen molar-refractivity contribution in [2.75, 3.05) is 9.80 Å². The summed E-state index contributed by atoms with van der Waals surface area (Å²) in [6.07, 6.45) is 0. The van der Waals surface area contributed by atoms with Crippen molar-refractivity contribution in [3.8, 4) is 0 Å². The Morgan fingerprint density at radius 2 is 1.18 bits per heavy atom. The van der Waals surface area contributed by atoms with Crippen LogP contribution < -0.4 is 9.80 Å². The summed E-state index contributed by atoms with van der Waals surface area (Å²) in [5.74, 6) is -5.25. The van der Waals surface area contributed by atoms with Crippen LogP contribution in [0.5, 0.6) is 0 Å². The second-order valence-corrected chi connectivity index (χ2v) is 11.1. The highest BCUT2D eigenvalue weighted by atomic mass is 35.5. The topological polar surface area (TPSA) is 74.8 Å². The lowest BCUT2D eigenvalue weighted by atomic mass is 9.55. The molecule has 4 atom stereocenters. The number of imide groups is 2. The predicted molar refractivity (Wildman–Crippen MR) is 151 cm³/mol. The molecular formula is C32H20Cl2N2O4. The number of anilines is 2. The van der Waals surface area contributed by atoms with Gasteiger partial charge < -0.3 is 0 Å². The molecule has 196 valence electrons. The van der Waals surface area contributed by atoms with Gasteiger partial charge in [-0.1, -0.05) is 77.8 Å². The molecule has 8 heteroatoms. The number of benzene rings is 4. The average Bonchev–Trinajstić information content (AvgIpc) is 3.36. The van der Waals surface area contributed by atoms with Crippen molar-refractivity contribution < 1.29 is 19.2 Å². The van der Waals surface area contributed by atoms with E-state index >= 15 is 0 Å². The minimum Gasteiger partial charge on any atom is -0.274 e. The van der Waals surface area contributed by atoms with Crippen molar-refractivity contribution >= 4 is 58.2 Å². The molecule has 4 aromatic carbocycles. The van der Waals surface area contributed by atoms with Gasteiger partial charge in [0.05, 0.1) is 29.1 Å². The molecular weight excluding hydrogens is 547 g/mol. The van der Waals surface area contributed by atoms with Crippen molar-refractivity contribution in [3.05, 3.63) is 130 Å². The van der Waals surface area contributed by atoms with Gasteiger partial charge in [0.1, 0.15) is 5.41 Å². The van der Waals surface area contributed by atoms with Crippen molar-refractivity contribution in [2.24, 2.45) is 11.8 Å². The Balaban J connectivity index is 1.56. The Bertz CT molecular complexity index is 1730. The smallest absolute Gasteiger partial charge is 0.249 e. The Morgan fingerprint density at radius 1 is 0.600 bits per heavy atom. The molecule has 0 aromatic heterocycles. The third kappa shape index (κ3) is 3.17. The maximum absolute atomic E-state index is 14.8. The van der Waals surface area contributed by atoms with Crippen molar-refractivity contribution in [1.29, 1.82) is 0 Å². The molecule has 4 aromatic rings. The molecule has 4 amide bonds. The van der Waals surface area contributed by atoms with Crippen LogP contribution in [0.3, 0.4) is 0 Å². The van der Waals surface area contributed by atoms with Crippen molar-refractivity contribution in [3.63, 3.8) is 0 Å². The van der Waals surface area contributed by atoms with Crippen LogP contribution in [0.4, 0.5) is 11.4 Å². The normalized spacial score (nSPS) is 25.2. The van der Waals surface area contributed by atoms with Crippen LogP contribution in [0.1, 0.15) is 22.6 Å². The molecule has 0 bridgehead atoms. The van der Waals surface area contributed by atoms with E-state index in [0.717, 1.165) is 9.80 Å². The standard InChI is InChI=1S/C32H20Cl2N2O4/c33-19-13-11-18(12-14-19)32-24-17-20(34)15-16-23(24)25-26(29(38)35(28(25)37)21-7-3-1-4-8-21)27(32)30(39)36(31(32)40)22-9-5-2-6-10-22/h1-17,25-27H/t25-,26-,27-,32-/m1/s1. The van der Waals surface area contributed by atoms with Crippen molar-refractivity contribution in [1.82, 2.24) is 0 Å². The van der Waals surface area contributed by atoms with E-state index in [-0.39, 0.29) is 0 Å². The van der Waals surface area contributed by atoms with Crippen LogP contribution in [0, 0.1) is 11.8 Å². The summed E-state index contributed by atoms with van der Waals surface area (Å²) >= 11 is 12.8. The minimum absolute atomic E-state index is 0.347. The van der Waals surface area contributed by atoms with Gasteiger partial charge >= 0.3 is 0 Å². The molecule has 0 spiro atoms. The zero-order valence-corrected chi connectivity index (χ0v) is 22.3. The largest absolute Gasteiger partial charge is 0.274 e. The quantitative estimate of drug-likeness (QED) is 0.296. The van der Waals surface area contributed by atoms with Crippen LogP contribution in [-0.2, 0) is 24.6 Å². The third-order valence-electron chi connectivity index (χ3n) is 8.31. The van der Waals surface area contributed by atoms with E-state index < -0.39 is 46.8 Å². The first-order valence-corrected chi connectivity index (χ1v) is 13.5. The summed E-state index contributed by atoms with van der Waals surface area (Å²) in [7, 11) is 0. The van der Waals surface area contributed by atoms with Gasteiger partial charge in [0.15, 0.2) is 0 Å². The Hall–Kier alpha value is -4.26. The van der Waals surface area contributed by atoms with E-state index in [1.165, 1.54) is 0 Å². The Morgan fingerprint density at radius 3 is 1.80 bits per heavy atom. The Kier molecular flexibility index (Phi) is 5.50. The number of rotatable bonds is 3. The number of amides is 4.